The first-order chi connectivity index (χ1) is 13.9. The van der Waals surface area contributed by atoms with Gasteiger partial charge in [0.05, 0.1) is 5.56 Å². The molecule has 11 heteroatoms. The molecule has 0 spiro atoms. The van der Waals surface area contributed by atoms with E-state index < -0.39 is 34.4 Å². The zero-order valence-electron chi connectivity index (χ0n) is 14.9. The summed E-state index contributed by atoms with van der Waals surface area (Å²) in [5.41, 5.74) is 0.331. The molecule has 0 bridgehead atoms. The maximum absolute atomic E-state index is 12.4. The van der Waals surface area contributed by atoms with Crippen molar-refractivity contribution >= 4 is 33.6 Å². The second-order valence-electron chi connectivity index (χ2n) is 6.17. The predicted octanol–water partition coefficient (Wildman–Crippen LogP) is 0.951. The van der Waals surface area contributed by atoms with E-state index in [4.69, 9.17) is 9.47 Å². The lowest BCUT2D eigenvalue weighted by atomic mass is 10.2. The number of sulfonamides is 1. The highest BCUT2D eigenvalue weighted by Gasteiger charge is 2.41. The lowest BCUT2D eigenvalue weighted by Gasteiger charge is -2.19. The Morgan fingerprint density at radius 1 is 1.03 bits per heavy atom. The summed E-state index contributed by atoms with van der Waals surface area (Å²) in [4.78, 5) is 36.3. The van der Waals surface area contributed by atoms with Gasteiger partial charge in [0.15, 0.2) is 11.5 Å². The van der Waals surface area contributed by atoms with E-state index in [1.165, 1.54) is 30.3 Å². The molecule has 2 N–H and O–H groups in total. The number of ether oxygens (including phenoxy) is 2. The zero-order chi connectivity index (χ0) is 20.6. The maximum Gasteiger partial charge on any atom is 0.325 e. The molecule has 0 fully saturated rings. The van der Waals surface area contributed by atoms with Crippen LogP contribution in [0.3, 0.4) is 0 Å². The second-order valence-corrected chi connectivity index (χ2v) is 8.00. The second kappa shape index (κ2) is 7.09. The largest absolute Gasteiger partial charge is 0.486 e. The van der Waals surface area contributed by atoms with Gasteiger partial charge in [0, 0.05) is 11.8 Å². The van der Waals surface area contributed by atoms with Gasteiger partial charge in [-0.25, -0.2) is 17.5 Å². The number of rotatable bonds is 3. The molecule has 0 saturated heterocycles. The molecule has 4 rings (SSSR count). The standard InChI is InChI=1S/C18H15N3O7S/c22-16(10-21-17(23)12-3-1-2-4-15(12)29(21,25)26)20-18(24)19-11-5-6-13-14(9-11)28-8-7-27-13/h1-6,9H,7-8,10H2,(H2,19,20,22,24). The molecule has 10 nitrogen and oxygen atoms in total. The van der Waals surface area contributed by atoms with Crippen LogP contribution in [0.5, 0.6) is 11.5 Å². The highest BCUT2D eigenvalue weighted by molar-refractivity contribution is 7.90. The molecular weight excluding hydrogens is 402 g/mol. The summed E-state index contributed by atoms with van der Waals surface area (Å²) < 4.78 is 36.1. The monoisotopic (exact) mass is 417 g/mol. The average Bonchev–Trinajstić information content (AvgIpc) is 2.89. The molecule has 0 unspecified atom stereocenters. The van der Waals surface area contributed by atoms with E-state index in [0.29, 0.717) is 34.7 Å². The highest BCUT2D eigenvalue weighted by Crippen LogP contribution is 2.32. The van der Waals surface area contributed by atoms with Crippen LogP contribution in [0.1, 0.15) is 10.4 Å². The zero-order valence-corrected chi connectivity index (χ0v) is 15.7. The molecule has 4 amide bonds. The number of imide groups is 1. The van der Waals surface area contributed by atoms with Gasteiger partial charge in [-0.05, 0) is 24.3 Å². The van der Waals surface area contributed by atoms with Crippen LogP contribution in [0, 0.1) is 0 Å². The van der Waals surface area contributed by atoms with Crippen LogP contribution in [0.25, 0.3) is 0 Å². The molecule has 0 aliphatic carbocycles. The van der Waals surface area contributed by atoms with Gasteiger partial charge in [0.1, 0.15) is 24.7 Å². The predicted molar refractivity (Wildman–Crippen MR) is 99.3 cm³/mol. The molecule has 0 saturated carbocycles. The van der Waals surface area contributed by atoms with E-state index in [-0.39, 0.29) is 10.5 Å². The molecule has 0 radical (unpaired) electrons. The summed E-state index contributed by atoms with van der Waals surface area (Å²) in [6.07, 6.45) is 0. The smallest absolute Gasteiger partial charge is 0.325 e. The van der Waals surface area contributed by atoms with Crippen LogP contribution in [-0.4, -0.2) is 50.3 Å². The van der Waals surface area contributed by atoms with E-state index >= 15 is 0 Å². The van der Waals surface area contributed by atoms with Crippen LogP contribution < -0.4 is 20.1 Å². The SMILES string of the molecule is O=C(CN1C(=O)c2ccccc2S1(=O)=O)NC(=O)Nc1ccc2c(c1)OCCO2. The Bertz CT molecular complexity index is 1130. The first-order valence-corrected chi connectivity index (χ1v) is 9.97. The number of nitrogens with one attached hydrogen (secondary N) is 2. The molecule has 2 aromatic rings. The Morgan fingerprint density at radius 3 is 2.52 bits per heavy atom. The Kier molecular flexibility index (Phi) is 4.59. The normalized spacial score (nSPS) is 16.1. The van der Waals surface area contributed by atoms with Crippen LogP contribution >= 0.6 is 0 Å². The van der Waals surface area contributed by atoms with E-state index in [1.54, 1.807) is 12.1 Å². The minimum atomic E-state index is -4.13. The van der Waals surface area contributed by atoms with Gasteiger partial charge < -0.3 is 14.8 Å². The van der Waals surface area contributed by atoms with Crippen molar-refractivity contribution in [3.05, 3.63) is 48.0 Å². The summed E-state index contributed by atoms with van der Waals surface area (Å²) in [5.74, 6) is -0.782. The van der Waals surface area contributed by atoms with Crippen LogP contribution in [0.2, 0.25) is 0 Å². The third-order valence-corrected chi connectivity index (χ3v) is 6.04. The molecule has 150 valence electrons. The summed E-state index contributed by atoms with van der Waals surface area (Å²) in [5, 5.41) is 4.44. The first kappa shape index (κ1) is 18.7. The number of benzene rings is 2. The number of anilines is 1. The van der Waals surface area contributed by atoms with Crippen LogP contribution in [0.15, 0.2) is 47.4 Å². The number of nitrogens with zero attached hydrogens (tertiary/aromatic N) is 1. The van der Waals surface area contributed by atoms with E-state index in [0.717, 1.165) is 0 Å². The Hall–Kier alpha value is -3.60. The Labute approximate surface area is 165 Å². The number of urea groups is 1. The van der Waals surface area contributed by atoms with E-state index in [1.807, 2.05) is 5.32 Å². The third-order valence-electron chi connectivity index (χ3n) is 4.25. The molecule has 2 aliphatic rings. The summed E-state index contributed by atoms with van der Waals surface area (Å²) in [7, 11) is -4.13. The van der Waals surface area contributed by atoms with E-state index in [2.05, 4.69) is 5.32 Å². The average molecular weight is 417 g/mol. The van der Waals surface area contributed by atoms with Crippen molar-refractivity contribution in [2.75, 3.05) is 25.1 Å². The minimum Gasteiger partial charge on any atom is -0.486 e. The molecular formula is C18H15N3O7S. The number of fused-ring (bicyclic) bond motifs is 2. The van der Waals surface area contributed by atoms with Crippen molar-refractivity contribution in [2.45, 2.75) is 4.90 Å². The maximum atomic E-state index is 12.4. The van der Waals surface area contributed by atoms with Crippen molar-refractivity contribution in [3.63, 3.8) is 0 Å². The lowest BCUT2D eigenvalue weighted by molar-refractivity contribution is -0.119. The number of carbonyl (C=O) groups is 3. The number of amides is 4. The number of carbonyl (C=O) groups excluding carboxylic acids is 3. The quantitative estimate of drug-likeness (QED) is 0.760. The summed E-state index contributed by atoms with van der Waals surface area (Å²) in [6.45, 7) is -0.0109. The fourth-order valence-electron chi connectivity index (χ4n) is 2.97. The van der Waals surface area contributed by atoms with Crippen molar-refractivity contribution < 1.29 is 32.3 Å². The van der Waals surface area contributed by atoms with Gasteiger partial charge in [-0.15, -0.1) is 0 Å². The fraction of sp³-hybridized carbons (Fsp3) is 0.167. The number of hydrogen-bond acceptors (Lipinski definition) is 7. The van der Waals surface area contributed by atoms with Crippen molar-refractivity contribution in [1.82, 2.24) is 9.62 Å². The summed E-state index contributed by atoms with van der Waals surface area (Å²) >= 11 is 0. The fourth-order valence-corrected chi connectivity index (χ4v) is 4.49. The molecule has 0 aromatic heterocycles. The van der Waals surface area contributed by atoms with Gasteiger partial charge in [0.2, 0.25) is 5.91 Å². The Morgan fingerprint density at radius 2 is 1.76 bits per heavy atom. The van der Waals surface area contributed by atoms with Gasteiger partial charge >= 0.3 is 6.03 Å². The Balaban J connectivity index is 1.40. The molecule has 2 aromatic carbocycles. The third kappa shape index (κ3) is 3.47. The van der Waals surface area contributed by atoms with Gasteiger partial charge in [-0.2, -0.15) is 0 Å². The molecule has 2 aliphatic heterocycles. The van der Waals surface area contributed by atoms with Gasteiger partial charge in [0.25, 0.3) is 15.9 Å². The van der Waals surface area contributed by atoms with Crippen molar-refractivity contribution in [1.29, 1.82) is 0 Å². The van der Waals surface area contributed by atoms with Gasteiger partial charge in [-0.3, -0.25) is 14.9 Å². The molecule has 0 atom stereocenters. The van der Waals surface area contributed by atoms with E-state index in [9.17, 15) is 22.8 Å². The highest BCUT2D eigenvalue weighted by atomic mass is 32.2. The minimum absolute atomic E-state index is 0.0129. The van der Waals surface area contributed by atoms with Crippen LogP contribution in [-0.2, 0) is 14.8 Å². The first-order valence-electron chi connectivity index (χ1n) is 8.53. The summed E-state index contributed by atoms with van der Waals surface area (Å²) in [6, 6.07) is 9.47. The van der Waals surface area contributed by atoms with Crippen molar-refractivity contribution in [2.24, 2.45) is 0 Å². The van der Waals surface area contributed by atoms with Gasteiger partial charge in [-0.1, -0.05) is 12.1 Å². The van der Waals surface area contributed by atoms with Crippen molar-refractivity contribution in [3.8, 4) is 11.5 Å². The lowest BCUT2D eigenvalue weighted by Crippen LogP contribution is -2.43. The molecule has 2 heterocycles. The van der Waals surface area contributed by atoms with Crippen LogP contribution in [0.4, 0.5) is 10.5 Å². The topological polar surface area (TPSA) is 131 Å². The molecule has 29 heavy (non-hydrogen) atoms. The number of hydrogen-bond donors (Lipinski definition) is 2.